The summed E-state index contributed by atoms with van der Waals surface area (Å²) < 4.78 is 8.85. The molecule has 4 aromatic carbocycles. The highest BCUT2D eigenvalue weighted by atomic mass is 28.3. The molecule has 0 radical (unpaired) electrons. The number of hydrogen-bond donors (Lipinski definition) is 0. The molecule has 36 heavy (non-hydrogen) atoms. The summed E-state index contributed by atoms with van der Waals surface area (Å²) in [6.07, 6.45) is 2.24. The molecule has 0 bridgehead atoms. The second-order valence-corrected chi connectivity index (χ2v) is 15.4. The van der Waals surface area contributed by atoms with Crippen LogP contribution in [0.4, 0.5) is 0 Å². The number of hydrogen-bond acceptors (Lipinski definition) is 1. The number of nitrogens with zero attached hydrogens (tertiary/aromatic N) is 1. The van der Waals surface area contributed by atoms with Crippen LogP contribution < -0.4 is 14.9 Å². The van der Waals surface area contributed by atoms with E-state index in [1.165, 1.54) is 60.6 Å². The molecule has 0 saturated heterocycles. The van der Waals surface area contributed by atoms with Crippen molar-refractivity contribution < 1.29 is 8.98 Å². The molecule has 0 amide bonds. The number of fused-ring (bicyclic) bond motifs is 8. The standard InChI is InChI=1S/C33H30NOSi/c1-19-11-14-29-26(17-19)24-13-12-23-25(33(24)36(29,5)6)15-16-34(4)31(23)30-21(3)20(2)18-27-22-9-7-8-10-28(22)35-32(27)30/h7-18H,1-6H3/q+1. The minimum atomic E-state index is -1.85. The van der Waals surface area contributed by atoms with Crippen LogP contribution in [0.15, 0.2) is 77.3 Å². The molecule has 2 aromatic heterocycles. The Labute approximate surface area is 212 Å². The molecule has 0 atom stereocenters. The van der Waals surface area contributed by atoms with Crippen LogP contribution in [0.3, 0.4) is 0 Å². The van der Waals surface area contributed by atoms with Gasteiger partial charge in [-0.1, -0.05) is 61.1 Å². The normalized spacial score (nSPS) is 14.1. The molecular weight excluding hydrogens is 454 g/mol. The fourth-order valence-corrected chi connectivity index (χ4v) is 10.0. The third-order valence-corrected chi connectivity index (χ3v) is 12.1. The first-order valence-electron chi connectivity index (χ1n) is 12.8. The van der Waals surface area contributed by atoms with E-state index in [-0.39, 0.29) is 0 Å². The molecule has 0 spiro atoms. The fourth-order valence-electron chi connectivity index (χ4n) is 6.59. The number of rotatable bonds is 1. The number of para-hydroxylation sites is 1. The van der Waals surface area contributed by atoms with Crippen molar-refractivity contribution in [3.63, 3.8) is 0 Å². The van der Waals surface area contributed by atoms with Gasteiger partial charge in [0.1, 0.15) is 26.3 Å². The minimum absolute atomic E-state index is 0.946. The molecule has 0 N–H and O–H groups in total. The third kappa shape index (κ3) is 2.69. The number of furan rings is 1. The van der Waals surface area contributed by atoms with Gasteiger partial charge in [0.25, 0.3) is 0 Å². The largest absolute Gasteiger partial charge is 0.455 e. The maximum absolute atomic E-state index is 6.57. The van der Waals surface area contributed by atoms with Gasteiger partial charge in [-0.2, -0.15) is 0 Å². The summed E-state index contributed by atoms with van der Waals surface area (Å²) in [5.74, 6) is 0. The Bertz CT molecular complexity index is 1910. The van der Waals surface area contributed by atoms with Crippen molar-refractivity contribution in [3.05, 3.63) is 89.6 Å². The Morgan fingerprint density at radius 3 is 2.39 bits per heavy atom. The zero-order chi connectivity index (χ0) is 24.9. The molecular formula is C33H30NOSi+. The van der Waals surface area contributed by atoms with Crippen LogP contribution in [0.1, 0.15) is 16.7 Å². The summed E-state index contributed by atoms with van der Waals surface area (Å²) in [5.41, 5.74) is 11.1. The van der Waals surface area contributed by atoms with Crippen molar-refractivity contribution >= 4 is 51.2 Å². The van der Waals surface area contributed by atoms with E-state index in [0.717, 1.165) is 11.2 Å². The number of benzene rings is 4. The Kier molecular flexibility index (Phi) is 4.30. The molecule has 1 aliphatic heterocycles. The van der Waals surface area contributed by atoms with Gasteiger partial charge in [0.05, 0.1) is 10.9 Å². The first-order chi connectivity index (χ1) is 17.3. The van der Waals surface area contributed by atoms with Crippen molar-refractivity contribution in [2.24, 2.45) is 7.05 Å². The average Bonchev–Trinajstić information content (AvgIpc) is 3.32. The molecule has 3 heteroatoms. The lowest BCUT2D eigenvalue weighted by molar-refractivity contribution is -0.659. The van der Waals surface area contributed by atoms with E-state index < -0.39 is 8.07 Å². The Balaban J connectivity index is 1.62. The molecule has 0 fully saturated rings. The average molecular weight is 485 g/mol. The highest BCUT2D eigenvalue weighted by molar-refractivity contribution is 7.05. The van der Waals surface area contributed by atoms with Gasteiger partial charge in [-0.3, -0.25) is 0 Å². The number of pyridine rings is 1. The zero-order valence-electron chi connectivity index (χ0n) is 21.8. The van der Waals surface area contributed by atoms with Gasteiger partial charge in [-0.25, -0.2) is 4.57 Å². The molecule has 176 valence electrons. The molecule has 7 rings (SSSR count). The number of aryl methyl sites for hydroxylation is 3. The SMILES string of the molecule is Cc1ccc2c(c1)-c1ccc3c(-c4c(C)c(C)cc5c4oc4ccccc45)[n+](C)ccc3c1[Si]2(C)C. The van der Waals surface area contributed by atoms with Crippen molar-refractivity contribution in [3.8, 4) is 22.4 Å². The van der Waals surface area contributed by atoms with Crippen LogP contribution in [0.2, 0.25) is 13.1 Å². The van der Waals surface area contributed by atoms with E-state index in [1.54, 1.807) is 10.4 Å². The van der Waals surface area contributed by atoms with Gasteiger partial charge < -0.3 is 4.42 Å². The smallest absolute Gasteiger partial charge is 0.224 e. The lowest BCUT2D eigenvalue weighted by Gasteiger charge is -2.21. The van der Waals surface area contributed by atoms with Crippen LogP contribution in [-0.4, -0.2) is 8.07 Å². The van der Waals surface area contributed by atoms with Gasteiger partial charge in [-0.05, 0) is 77.0 Å². The van der Waals surface area contributed by atoms with Crippen LogP contribution in [0.5, 0.6) is 0 Å². The maximum Gasteiger partial charge on any atom is 0.224 e. The van der Waals surface area contributed by atoms with Gasteiger partial charge >= 0.3 is 0 Å². The first kappa shape index (κ1) is 21.6. The highest BCUT2D eigenvalue weighted by Crippen LogP contribution is 2.41. The Morgan fingerprint density at radius 1 is 0.750 bits per heavy atom. The quantitative estimate of drug-likeness (QED) is 0.182. The van der Waals surface area contributed by atoms with E-state index in [4.69, 9.17) is 4.42 Å². The van der Waals surface area contributed by atoms with Crippen LogP contribution in [0, 0.1) is 20.8 Å². The van der Waals surface area contributed by atoms with Gasteiger partial charge in [-0.15, -0.1) is 0 Å². The monoisotopic (exact) mass is 484 g/mol. The van der Waals surface area contributed by atoms with E-state index in [2.05, 4.69) is 118 Å². The third-order valence-electron chi connectivity index (χ3n) is 8.51. The zero-order valence-corrected chi connectivity index (χ0v) is 22.8. The minimum Gasteiger partial charge on any atom is -0.455 e. The van der Waals surface area contributed by atoms with E-state index in [1.807, 2.05) is 0 Å². The molecule has 6 aromatic rings. The molecule has 2 nitrogen and oxygen atoms in total. The second kappa shape index (κ2) is 7.17. The molecule has 0 saturated carbocycles. The summed E-state index contributed by atoms with van der Waals surface area (Å²) in [6, 6.07) is 24.8. The summed E-state index contributed by atoms with van der Waals surface area (Å²) in [7, 11) is 0.318. The van der Waals surface area contributed by atoms with E-state index in [9.17, 15) is 0 Å². The predicted molar refractivity (Wildman–Crippen MR) is 154 cm³/mol. The summed E-state index contributed by atoms with van der Waals surface area (Å²) in [5, 5.41) is 8.18. The lowest BCUT2D eigenvalue weighted by Crippen LogP contribution is -2.49. The maximum atomic E-state index is 6.57. The van der Waals surface area contributed by atoms with Crippen LogP contribution in [0.25, 0.3) is 55.1 Å². The van der Waals surface area contributed by atoms with E-state index in [0.29, 0.717) is 0 Å². The summed E-state index contributed by atoms with van der Waals surface area (Å²) in [6.45, 7) is 11.7. The molecule has 0 aliphatic carbocycles. The van der Waals surface area contributed by atoms with Crippen LogP contribution in [-0.2, 0) is 7.05 Å². The summed E-state index contributed by atoms with van der Waals surface area (Å²) >= 11 is 0. The summed E-state index contributed by atoms with van der Waals surface area (Å²) in [4.78, 5) is 0. The van der Waals surface area contributed by atoms with Crippen molar-refractivity contribution in [1.29, 1.82) is 0 Å². The van der Waals surface area contributed by atoms with E-state index >= 15 is 0 Å². The molecule has 3 heterocycles. The highest BCUT2D eigenvalue weighted by Gasteiger charge is 2.39. The predicted octanol–water partition coefficient (Wildman–Crippen LogP) is 6.96. The van der Waals surface area contributed by atoms with Crippen molar-refractivity contribution in [1.82, 2.24) is 0 Å². The topological polar surface area (TPSA) is 17.0 Å². The lowest BCUT2D eigenvalue weighted by atomic mass is 9.92. The molecule has 1 aliphatic rings. The second-order valence-electron chi connectivity index (χ2n) is 11.1. The molecule has 0 unspecified atom stereocenters. The van der Waals surface area contributed by atoms with Crippen LogP contribution >= 0.6 is 0 Å². The van der Waals surface area contributed by atoms with Gasteiger partial charge in [0.15, 0.2) is 6.20 Å². The van der Waals surface area contributed by atoms with Gasteiger partial charge in [0, 0.05) is 16.8 Å². The first-order valence-corrected chi connectivity index (χ1v) is 15.8. The van der Waals surface area contributed by atoms with Crippen molar-refractivity contribution in [2.45, 2.75) is 33.9 Å². The Hall–Kier alpha value is -3.69. The number of aromatic nitrogens is 1. The van der Waals surface area contributed by atoms with Gasteiger partial charge in [0.2, 0.25) is 5.69 Å². The Morgan fingerprint density at radius 2 is 1.56 bits per heavy atom. The van der Waals surface area contributed by atoms with Crippen molar-refractivity contribution in [2.75, 3.05) is 0 Å². The fraction of sp³-hybridized carbons (Fsp3) is 0.182.